The molecule has 0 fully saturated rings. The van der Waals surface area contributed by atoms with Crippen LogP contribution in [0.3, 0.4) is 0 Å². The predicted octanol–water partition coefficient (Wildman–Crippen LogP) is 2.28. The number of hydrogen-bond acceptors (Lipinski definition) is 4. The van der Waals surface area contributed by atoms with E-state index >= 15 is 0 Å². The quantitative estimate of drug-likeness (QED) is 0.510. The standard InChI is InChI=1S/C24H24N6O2/c1-29-13-17-14-30(22(31)10-16-11-26-21-8-3-2-7-19(16)21)15-20(23(17)28-29)24(32)27-12-18-6-4-5-9-25-18/h2-9,11,13,20,26H,10,12,14-15H2,1H3,(H,27,32). The van der Waals surface area contributed by atoms with Gasteiger partial charge in [-0.2, -0.15) is 5.10 Å². The lowest BCUT2D eigenvalue weighted by atomic mass is 9.95. The molecule has 1 atom stereocenters. The zero-order valence-electron chi connectivity index (χ0n) is 17.8. The molecule has 0 aliphatic carbocycles. The van der Waals surface area contributed by atoms with Crippen LogP contribution in [0.5, 0.6) is 0 Å². The zero-order valence-corrected chi connectivity index (χ0v) is 17.8. The summed E-state index contributed by atoms with van der Waals surface area (Å²) in [6, 6.07) is 13.5. The molecule has 4 heterocycles. The predicted molar refractivity (Wildman–Crippen MR) is 119 cm³/mol. The monoisotopic (exact) mass is 428 g/mol. The number of hydrogen-bond donors (Lipinski definition) is 2. The topological polar surface area (TPSA) is 95.9 Å². The number of amides is 2. The molecule has 0 bridgehead atoms. The summed E-state index contributed by atoms with van der Waals surface area (Å²) in [6.45, 7) is 1.09. The number of aromatic amines is 1. The van der Waals surface area contributed by atoms with E-state index in [2.05, 4.69) is 20.4 Å². The normalized spacial score (nSPS) is 15.5. The molecule has 0 radical (unpaired) electrons. The van der Waals surface area contributed by atoms with E-state index in [1.54, 1.807) is 15.8 Å². The first-order valence-electron chi connectivity index (χ1n) is 10.6. The van der Waals surface area contributed by atoms with Crippen LogP contribution in [0.15, 0.2) is 61.1 Å². The SMILES string of the molecule is Cn1cc2c(n1)C(C(=O)NCc1ccccn1)CN(C(=O)Cc1c[nH]c3ccccc13)C2. The van der Waals surface area contributed by atoms with E-state index in [-0.39, 0.29) is 18.2 Å². The second-order valence-electron chi connectivity index (χ2n) is 8.12. The average Bonchev–Trinajstić information content (AvgIpc) is 3.40. The van der Waals surface area contributed by atoms with Crippen LogP contribution >= 0.6 is 0 Å². The first-order valence-corrected chi connectivity index (χ1v) is 10.6. The van der Waals surface area contributed by atoms with Gasteiger partial charge in [-0.1, -0.05) is 24.3 Å². The number of para-hydroxylation sites is 1. The molecule has 1 unspecified atom stereocenters. The van der Waals surface area contributed by atoms with Crippen molar-refractivity contribution in [2.45, 2.75) is 25.4 Å². The van der Waals surface area contributed by atoms with Gasteiger partial charge < -0.3 is 15.2 Å². The number of fused-ring (bicyclic) bond motifs is 2. The van der Waals surface area contributed by atoms with Crippen LogP contribution in [0.4, 0.5) is 0 Å². The Labute approximate surface area is 185 Å². The number of carbonyl (C=O) groups is 2. The number of pyridine rings is 1. The first-order chi connectivity index (χ1) is 15.6. The van der Waals surface area contributed by atoms with Crippen molar-refractivity contribution in [1.29, 1.82) is 0 Å². The number of H-pyrrole nitrogens is 1. The number of carbonyl (C=O) groups excluding carboxylic acids is 2. The molecule has 1 aliphatic heterocycles. The fourth-order valence-corrected chi connectivity index (χ4v) is 4.30. The lowest BCUT2D eigenvalue weighted by molar-refractivity contribution is -0.133. The summed E-state index contributed by atoms with van der Waals surface area (Å²) in [5.41, 5.74) is 4.39. The molecule has 0 saturated heterocycles. The zero-order chi connectivity index (χ0) is 22.1. The first kappa shape index (κ1) is 20.0. The van der Waals surface area contributed by atoms with E-state index in [0.717, 1.165) is 33.4 Å². The van der Waals surface area contributed by atoms with Gasteiger partial charge in [0.25, 0.3) is 0 Å². The van der Waals surface area contributed by atoms with Gasteiger partial charge in [0.1, 0.15) is 0 Å². The third-order valence-corrected chi connectivity index (χ3v) is 5.89. The lowest BCUT2D eigenvalue weighted by Crippen LogP contribution is -2.44. The van der Waals surface area contributed by atoms with Gasteiger partial charge in [0.2, 0.25) is 11.8 Å². The summed E-state index contributed by atoms with van der Waals surface area (Å²) in [4.78, 5) is 35.5. The highest BCUT2D eigenvalue weighted by Crippen LogP contribution is 2.28. The summed E-state index contributed by atoms with van der Waals surface area (Å²) in [5, 5.41) is 8.52. The minimum atomic E-state index is -0.518. The fraction of sp³-hybridized carbons (Fsp3) is 0.250. The Hall–Kier alpha value is -3.94. The number of aromatic nitrogens is 4. The molecule has 1 aromatic carbocycles. The molecule has 8 heteroatoms. The second-order valence-corrected chi connectivity index (χ2v) is 8.12. The number of nitrogens with zero attached hydrogens (tertiary/aromatic N) is 4. The smallest absolute Gasteiger partial charge is 0.231 e. The largest absolute Gasteiger partial charge is 0.361 e. The molecule has 162 valence electrons. The highest BCUT2D eigenvalue weighted by Gasteiger charge is 2.35. The highest BCUT2D eigenvalue weighted by atomic mass is 16.2. The van der Waals surface area contributed by atoms with Gasteiger partial charge in [0, 0.05) is 55.2 Å². The van der Waals surface area contributed by atoms with Crippen molar-refractivity contribution in [2.24, 2.45) is 7.05 Å². The van der Waals surface area contributed by atoms with Crippen LogP contribution in [-0.2, 0) is 36.1 Å². The van der Waals surface area contributed by atoms with Gasteiger partial charge in [-0.25, -0.2) is 0 Å². The molecule has 4 aromatic rings. The Morgan fingerprint density at radius 3 is 2.88 bits per heavy atom. The van der Waals surface area contributed by atoms with E-state index in [9.17, 15) is 9.59 Å². The summed E-state index contributed by atoms with van der Waals surface area (Å²) in [6.07, 6.45) is 5.75. The van der Waals surface area contributed by atoms with Crippen LogP contribution in [-0.4, -0.2) is 43.0 Å². The minimum Gasteiger partial charge on any atom is -0.361 e. The number of nitrogens with one attached hydrogen (secondary N) is 2. The van der Waals surface area contributed by atoms with Crippen LogP contribution in [0.1, 0.15) is 28.4 Å². The van der Waals surface area contributed by atoms with E-state index < -0.39 is 5.92 Å². The molecule has 0 saturated carbocycles. The molecule has 5 rings (SSSR count). The number of benzene rings is 1. The van der Waals surface area contributed by atoms with E-state index in [0.29, 0.717) is 19.6 Å². The van der Waals surface area contributed by atoms with E-state index in [1.165, 1.54) is 0 Å². The van der Waals surface area contributed by atoms with Crippen molar-refractivity contribution in [2.75, 3.05) is 6.54 Å². The molecule has 32 heavy (non-hydrogen) atoms. The van der Waals surface area contributed by atoms with E-state index in [4.69, 9.17) is 0 Å². The van der Waals surface area contributed by atoms with Crippen molar-refractivity contribution in [1.82, 2.24) is 30.0 Å². The Bertz CT molecular complexity index is 1280. The Balaban J connectivity index is 1.34. The van der Waals surface area contributed by atoms with Crippen LogP contribution in [0, 0.1) is 0 Å². The molecular formula is C24H24N6O2. The van der Waals surface area contributed by atoms with Gasteiger partial charge in [-0.3, -0.25) is 19.3 Å². The second kappa shape index (κ2) is 8.30. The van der Waals surface area contributed by atoms with Gasteiger partial charge in [0.05, 0.1) is 30.3 Å². The number of rotatable bonds is 5. The molecule has 2 amide bonds. The molecule has 8 nitrogen and oxygen atoms in total. The Morgan fingerprint density at radius 1 is 1.19 bits per heavy atom. The fourth-order valence-electron chi connectivity index (χ4n) is 4.30. The maximum absolute atomic E-state index is 13.2. The summed E-state index contributed by atoms with van der Waals surface area (Å²) in [5.74, 6) is -0.678. The van der Waals surface area contributed by atoms with Crippen LogP contribution in [0.2, 0.25) is 0 Å². The van der Waals surface area contributed by atoms with Crippen molar-refractivity contribution in [3.05, 3.63) is 83.6 Å². The van der Waals surface area contributed by atoms with Crippen molar-refractivity contribution >= 4 is 22.7 Å². The third kappa shape index (κ3) is 3.87. The maximum Gasteiger partial charge on any atom is 0.231 e. The van der Waals surface area contributed by atoms with Crippen molar-refractivity contribution < 1.29 is 9.59 Å². The highest BCUT2D eigenvalue weighted by molar-refractivity contribution is 5.90. The van der Waals surface area contributed by atoms with Crippen LogP contribution in [0.25, 0.3) is 10.9 Å². The van der Waals surface area contributed by atoms with Gasteiger partial charge >= 0.3 is 0 Å². The molecule has 2 N–H and O–H groups in total. The van der Waals surface area contributed by atoms with Crippen molar-refractivity contribution in [3.63, 3.8) is 0 Å². The average molecular weight is 428 g/mol. The molecule has 3 aromatic heterocycles. The number of aryl methyl sites for hydroxylation is 1. The maximum atomic E-state index is 13.2. The molecule has 1 aliphatic rings. The molecular weight excluding hydrogens is 404 g/mol. The summed E-state index contributed by atoms with van der Waals surface area (Å²) < 4.78 is 1.71. The minimum absolute atomic E-state index is 0.00761. The molecule has 0 spiro atoms. The van der Waals surface area contributed by atoms with Crippen LogP contribution < -0.4 is 5.32 Å². The summed E-state index contributed by atoms with van der Waals surface area (Å²) >= 11 is 0. The van der Waals surface area contributed by atoms with E-state index in [1.807, 2.05) is 61.9 Å². The Kier molecular flexibility index (Phi) is 5.18. The third-order valence-electron chi connectivity index (χ3n) is 5.89. The summed E-state index contributed by atoms with van der Waals surface area (Å²) in [7, 11) is 1.83. The Morgan fingerprint density at radius 2 is 2.03 bits per heavy atom. The van der Waals surface area contributed by atoms with Gasteiger partial charge in [-0.15, -0.1) is 0 Å². The van der Waals surface area contributed by atoms with Crippen molar-refractivity contribution in [3.8, 4) is 0 Å². The van der Waals surface area contributed by atoms with Gasteiger partial charge in [0.15, 0.2) is 0 Å². The van der Waals surface area contributed by atoms with Gasteiger partial charge in [-0.05, 0) is 23.8 Å². The lowest BCUT2D eigenvalue weighted by Gasteiger charge is -2.31.